The number of carbonyl (C=O) groups excluding carboxylic acids is 2. The van der Waals surface area contributed by atoms with E-state index >= 15 is 0 Å². The number of hydrogen-bond donors (Lipinski definition) is 3. The second kappa shape index (κ2) is 5.89. The topological polar surface area (TPSA) is 136 Å². The molecular formula is C8H8N2O5S. The van der Waals surface area contributed by atoms with Crippen LogP contribution in [0.4, 0.5) is 0 Å². The summed E-state index contributed by atoms with van der Waals surface area (Å²) in [5, 5.41) is 10.9. The van der Waals surface area contributed by atoms with Gasteiger partial charge in [-0.2, -0.15) is 8.42 Å². The van der Waals surface area contributed by atoms with Crippen LogP contribution in [0.2, 0.25) is 0 Å². The molecule has 0 bridgehead atoms. The molecule has 0 fully saturated rings. The first kappa shape index (κ1) is 14.2. The number of nitrogens with one attached hydrogen (secondary N) is 2. The molecule has 0 spiro atoms. The van der Waals surface area contributed by atoms with Crippen molar-refractivity contribution in [1.29, 1.82) is 10.8 Å². The molecule has 8 heteroatoms. The molecule has 0 aliphatic carbocycles. The van der Waals surface area contributed by atoms with Crippen molar-refractivity contribution in [3.05, 3.63) is 12.2 Å². The van der Waals surface area contributed by atoms with E-state index in [1.54, 1.807) is 11.7 Å². The van der Waals surface area contributed by atoms with Gasteiger partial charge in [0.25, 0.3) is 10.1 Å². The smallest absolute Gasteiger partial charge is 0.275 e. The fourth-order valence-electron chi connectivity index (χ4n) is 0.839. The molecule has 86 valence electrons. The van der Waals surface area contributed by atoms with Crippen molar-refractivity contribution in [1.82, 2.24) is 0 Å². The Hall–Kier alpha value is -1.85. The predicted molar refractivity (Wildman–Crippen MR) is 54.6 cm³/mol. The second-order valence-electron chi connectivity index (χ2n) is 2.65. The third kappa shape index (κ3) is 4.59. The molecule has 0 aliphatic heterocycles. The van der Waals surface area contributed by atoms with E-state index in [2.05, 4.69) is 0 Å². The quantitative estimate of drug-likeness (QED) is 0.325. The molecule has 1 unspecified atom stereocenters. The van der Waals surface area contributed by atoms with Gasteiger partial charge in [-0.3, -0.25) is 25.0 Å². The third-order valence-corrected chi connectivity index (χ3v) is 2.63. The van der Waals surface area contributed by atoms with Crippen molar-refractivity contribution in [2.75, 3.05) is 0 Å². The van der Waals surface area contributed by atoms with Gasteiger partial charge in [0.2, 0.25) is 0 Å². The van der Waals surface area contributed by atoms with Gasteiger partial charge in [0, 0.05) is 18.6 Å². The van der Waals surface area contributed by atoms with Gasteiger partial charge in [-0.1, -0.05) is 0 Å². The summed E-state index contributed by atoms with van der Waals surface area (Å²) in [6, 6.07) is 0. The van der Waals surface area contributed by atoms with E-state index in [0.717, 1.165) is 0 Å². The first-order chi connectivity index (χ1) is 7.32. The standard InChI is InChI=1S/C8H8N2O5S/c9-3-1-6(11)5-8(16(13,14)15)7(12)2-4-10/h1-2,8-10H,5H2,(H,13,14,15). The van der Waals surface area contributed by atoms with Gasteiger partial charge in [-0.15, -0.1) is 0 Å². The van der Waals surface area contributed by atoms with Crippen molar-refractivity contribution >= 4 is 33.4 Å². The lowest BCUT2D eigenvalue weighted by molar-refractivity contribution is -0.119. The van der Waals surface area contributed by atoms with Crippen LogP contribution in [-0.4, -0.2) is 41.5 Å². The lowest BCUT2D eigenvalue weighted by Gasteiger charge is -2.07. The Kier molecular flexibility index (Phi) is 5.21. The number of hydrogen-bond acceptors (Lipinski definition) is 6. The molecule has 3 N–H and O–H groups in total. The van der Waals surface area contributed by atoms with Crippen LogP contribution in [-0.2, 0) is 19.7 Å². The minimum atomic E-state index is -4.73. The van der Waals surface area contributed by atoms with E-state index in [9.17, 15) is 18.0 Å². The molecule has 0 heterocycles. The zero-order chi connectivity index (χ0) is 12.8. The molecule has 16 heavy (non-hydrogen) atoms. The van der Waals surface area contributed by atoms with Crippen molar-refractivity contribution in [2.45, 2.75) is 11.7 Å². The monoisotopic (exact) mass is 244 g/mol. The summed E-state index contributed by atoms with van der Waals surface area (Å²) in [7, 11) is -4.73. The van der Waals surface area contributed by atoms with E-state index in [1.807, 2.05) is 0 Å². The summed E-state index contributed by atoms with van der Waals surface area (Å²) in [6.07, 6.45) is 0.334. The SMILES string of the molecule is N=C=CC(=O)CC(C(=O)C=C=N)S(=O)(=O)O. The fourth-order valence-corrected chi connectivity index (χ4v) is 1.58. The highest BCUT2D eigenvalue weighted by Crippen LogP contribution is 2.07. The Balaban J connectivity index is 5.13. The maximum atomic E-state index is 11.1. The second-order valence-corrected chi connectivity index (χ2v) is 4.25. The highest BCUT2D eigenvalue weighted by atomic mass is 32.2. The Morgan fingerprint density at radius 3 is 2.12 bits per heavy atom. The highest BCUT2D eigenvalue weighted by Gasteiger charge is 2.31. The number of rotatable bonds is 6. The molecule has 1 atom stereocenters. The van der Waals surface area contributed by atoms with Crippen molar-refractivity contribution < 1.29 is 22.6 Å². The summed E-state index contributed by atoms with van der Waals surface area (Å²) < 4.78 is 30.3. The Bertz CT molecular complexity index is 495. The third-order valence-electron chi connectivity index (χ3n) is 1.51. The van der Waals surface area contributed by atoms with Gasteiger partial charge in [0.05, 0.1) is 0 Å². The van der Waals surface area contributed by atoms with Crippen molar-refractivity contribution in [3.8, 4) is 0 Å². The Morgan fingerprint density at radius 1 is 1.25 bits per heavy atom. The van der Waals surface area contributed by atoms with Gasteiger partial charge in [0.15, 0.2) is 16.8 Å². The summed E-state index contributed by atoms with van der Waals surface area (Å²) in [5.41, 5.74) is 0. The molecule has 0 saturated heterocycles. The molecule has 0 aliphatic rings. The average Bonchev–Trinajstić information content (AvgIpc) is 2.13. The average molecular weight is 244 g/mol. The minimum Gasteiger partial charge on any atom is -0.294 e. The van der Waals surface area contributed by atoms with Gasteiger partial charge < -0.3 is 0 Å². The molecule has 7 nitrogen and oxygen atoms in total. The van der Waals surface area contributed by atoms with E-state index in [1.165, 1.54) is 0 Å². The number of allylic oxidation sites excluding steroid dienone is 2. The molecule has 0 saturated carbocycles. The van der Waals surface area contributed by atoms with Crippen LogP contribution < -0.4 is 0 Å². The van der Waals surface area contributed by atoms with E-state index in [4.69, 9.17) is 15.4 Å². The van der Waals surface area contributed by atoms with Crippen molar-refractivity contribution in [2.24, 2.45) is 0 Å². The number of carbonyl (C=O) groups is 2. The zero-order valence-electron chi connectivity index (χ0n) is 7.93. The first-order valence-electron chi connectivity index (χ1n) is 3.87. The normalized spacial score (nSPS) is 11.8. The fraction of sp³-hybridized carbons (Fsp3) is 0.250. The predicted octanol–water partition coefficient (Wildman–Crippen LogP) is -0.620. The van der Waals surface area contributed by atoms with Crippen LogP contribution in [0.5, 0.6) is 0 Å². The first-order valence-corrected chi connectivity index (χ1v) is 5.37. The maximum Gasteiger partial charge on any atom is 0.275 e. The molecule has 0 radical (unpaired) electrons. The molecule has 0 rings (SSSR count). The molecule has 0 aromatic heterocycles. The van der Waals surface area contributed by atoms with Crippen molar-refractivity contribution in [3.63, 3.8) is 0 Å². The van der Waals surface area contributed by atoms with Gasteiger partial charge in [-0.05, 0) is 11.7 Å². The van der Waals surface area contributed by atoms with Crippen LogP contribution in [0.1, 0.15) is 6.42 Å². The van der Waals surface area contributed by atoms with E-state index < -0.39 is 33.4 Å². The summed E-state index contributed by atoms with van der Waals surface area (Å²) >= 11 is 0. The van der Waals surface area contributed by atoms with E-state index in [-0.39, 0.29) is 0 Å². The lowest BCUT2D eigenvalue weighted by atomic mass is 10.1. The maximum absolute atomic E-state index is 11.1. The van der Waals surface area contributed by atoms with Crippen LogP contribution in [0.25, 0.3) is 0 Å². The van der Waals surface area contributed by atoms with Crippen LogP contribution in [0.3, 0.4) is 0 Å². The molecular weight excluding hydrogens is 236 g/mol. The Labute approximate surface area is 91.2 Å². The summed E-state index contributed by atoms with van der Waals surface area (Å²) in [4.78, 5) is 22.1. The van der Waals surface area contributed by atoms with Crippen LogP contribution in [0, 0.1) is 10.8 Å². The van der Waals surface area contributed by atoms with Crippen LogP contribution in [0.15, 0.2) is 12.2 Å². The van der Waals surface area contributed by atoms with Crippen LogP contribution >= 0.6 is 0 Å². The van der Waals surface area contributed by atoms with Gasteiger partial charge >= 0.3 is 0 Å². The number of ketones is 2. The highest BCUT2D eigenvalue weighted by molar-refractivity contribution is 7.87. The molecule has 0 amide bonds. The van der Waals surface area contributed by atoms with Gasteiger partial charge in [-0.25, -0.2) is 0 Å². The van der Waals surface area contributed by atoms with E-state index in [0.29, 0.717) is 12.2 Å². The molecule has 0 aromatic rings. The Morgan fingerprint density at radius 2 is 1.75 bits per heavy atom. The summed E-state index contributed by atoms with van der Waals surface area (Å²) in [6.45, 7) is 0. The lowest BCUT2D eigenvalue weighted by Crippen LogP contribution is -2.31. The molecule has 0 aromatic carbocycles. The minimum absolute atomic E-state index is 0.500. The zero-order valence-corrected chi connectivity index (χ0v) is 8.74. The largest absolute Gasteiger partial charge is 0.294 e. The summed E-state index contributed by atoms with van der Waals surface area (Å²) in [5.74, 6) is 1.21. The van der Waals surface area contributed by atoms with Gasteiger partial charge in [0.1, 0.15) is 0 Å².